The van der Waals surface area contributed by atoms with E-state index in [1.807, 2.05) is 44.2 Å². The Hall–Kier alpha value is -1.84. The van der Waals surface area contributed by atoms with Crippen LogP contribution in [0.2, 0.25) is 0 Å². The summed E-state index contributed by atoms with van der Waals surface area (Å²) in [5.74, 6) is 0.969. The van der Waals surface area contributed by atoms with Crippen LogP contribution in [0.15, 0.2) is 35.4 Å². The minimum absolute atomic E-state index is 0.0185. The molecule has 1 amide bonds. The van der Waals surface area contributed by atoms with Crippen molar-refractivity contribution >= 4 is 11.6 Å². The third-order valence-electron chi connectivity index (χ3n) is 3.27. The molecule has 1 aromatic rings. The molecule has 1 aromatic carbocycles. The Labute approximate surface area is 114 Å². The average Bonchev–Trinajstić information content (AvgIpc) is 2.70. The van der Waals surface area contributed by atoms with Crippen molar-refractivity contribution in [2.75, 3.05) is 13.2 Å². The van der Waals surface area contributed by atoms with E-state index >= 15 is 0 Å². The number of hydrogen-bond acceptors (Lipinski definition) is 3. The molecule has 1 aliphatic rings. The molecule has 0 fully saturated rings. The zero-order valence-corrected chi connectivity index (χ0v) is 11.5. The molecule has 1 heterocycles. The summed E-state index contributed by atoms with van der Waals surface area (Å²) in [4.78, 5) is 12.0. The Kier molecular flexibility index (Phi) is 4.55. The normalized spacial score (nSPS) is 18.6. The van der Waals surface area contributed by atoms with Crippen LogP contribution in [0.1, 0.15) is 26.7 Å². The minimum Gasteiger partial charge on any atom is -0.494 e. The highest BCUT2D eigenvalue weighted by molar-refractivity contribution is 6.06. The van der Waals surface area contributed by atoms with E-state index in [9.17, 15) is 4.79 Å². The molecule has 4 heteroatoms. The lowest BCUT2D eigenvalue weighted by molar-refractivity contribution is -0.131. The fourth-order valence-corrected chi connectivity index (χ4v) is 2.22. The molecule has 0 spiro atoms. The molecule has 4 nitrogen and oxygen atoms in total. The second kappa shape index (κ2) is 6.36. The zero-order chi connectivity index (χ0) is 13.7. The van der Waals surface area contributed by atoms with Crippen LogP contribution < -0.4 is 4.74 Å². The van der Waals surface area contributed by atoms with E-state index in [1.165, 1.54) is 0 Å². The van der Waals surface area contributed by atoms with E-state index in [4.69, 9.17) is 4.74 Å². The maximum atomic E-state index is 12.0. The van der Waals surface area contributed by atoms with Crippen LogP contribution >= 0.6 is 0 Å². The largest absolute Gasteiger partial charge is 0.494 e. The summed E-state index contributed by atoms with van der Waals surface area (Å²) in [7, 11) is 0. The van der Waals surface area contributed by atoms with Crippen molar-refractivity contribution < 1.29 is 9.53 Å². The topological polar surface area (TPSA) is 41.9 Å². The molecular formula is C15H20N2O2. The molecule has 0 aliphatic carbocycles. The quantitative estimate of drug-likeness (QED) is 0.738. The molecule has 1 atom stereocenters. The Morgan fingerprint density at radius 2 is 2.05 bits per heavy atom. The second-order valence-electron chi connectivity index (χ2n) is 4.68. The number of rotatable bonds is 6. The zero-order valence-electron chi connectivity index (χ0n) is 11.5. The van der Waals surface area contributed by atoms with Gasteiger partial charge in [0.05, 0.1) is 12.5 Å². The first-order valence-corrected chi connectivity index (χ1v) is 6.76. The van der Waals surface area contributed by atoms with Crippen molar-refractivity contribution in [1.82, 2.24) is 5.01 Å². The summed E-state index contributed by atoms with van der Waals surface area (Å²) in [6.45, 7) is 5.16. The molecule has 0 aromatic heterocycles. The van der Waals surface area contributed by atoms with Gasteiger partial charge in [0.2, 0.25) is 0 Å². The van der Waals surface area contributed by atoms with Gasteiger partial charge >= 0.3 is 0 Å². The molecular weight excluding hydrogens is 240 g/mol. The van der Waals surface area contributed by atoms with E-state index in [0.29, 0.717) is 13.2 Å². The van der Waals surface area contributed by atoms with E-state index in [0.717, 1.165) is 24.3 Å². The number of benzene rings is 1. The fourth-order valence-electron chi connectivity index (χ4n) is 2.22. The molecule has 102 valence electrons. The standard InChI is InChI=1S/C15H20N2O2/c1-3-14-12(2)16-17(15(14)18)10-7-11-19-13-8-5-4-6-9-13/h4-6,8-9,14H,3,7,10-11H2,1-2H3. The number of ether oxygens (including phenoxy) is 1. The van der Waals surface area contributed by atoms with Crippen LogP contribution in [0, 0.1) is 5.92 Å². The Balaban J connectivity index is 1.74. The first-order chi connectivity index (χ1) is 9.22. The van der Waals surface area contributed by atoms with Crippen LogP contribution in [0.5, 0.6) is 5.75 Å². The van der Waals surface area contributed by atoms with Crippen LogP contribution in [0.3, 0.4) is 0 Å². The second-order valence-corrected chi connectivity index (χ2v) is 4.68. The van der Waals surface area contributed by atoms with Crippen molar-refractivity contribution in [1.29, 1.82) is 0 Å². The van der Waals surface area contributed by atoms with Crippen molar-refractivity contribution in [3.05, 3.63) is 30.3 Å². The lowest BCUT2D eigenvalue weighted by Crippen LogP contribution is -2.28. The van der Waals surface area contributed by atoms with Crippen LogP contribution in [0.25, 0.3) is 0 Å². The molecule has 0 radical (unpaired) electrons. The van der Waals surface area contributed by atoms with Gasteiger partial charge in [-0.3, -0.25) is 4.79 Å². The summed E-state index contributed by atoms with van der Waals surface area (Å²) < 4.78 is 5.59. The third-order valence-corrected chi connectivity index (χ3v) is 3.27. The van der Waals surface area contributed by atoms with Gasteiger partial charge in [-0.25, -0.2) is 5.01 Å². The van der Waals surface area contributed by atoms with E-state index in [1.54, 1.807) is 5.01 Å². The fraction of sp³-hybridized carbons (Fsp3) is 0.467. The highest BCUT2D eigenvalue weighted by Crippen LogP contribution is 2.18. The smallest absolute Gasteiger partial charge is 0.251 e. The lowest BCUT2D eigenvalue weighted by Gasteiger charge is -2.13. The lowest BCUT2D eigenvalue weighted by atomic mass is 10.0. The van der Waals surface area contributed by atoms with Gasteiger partial charge in [-0.1, -0.05) is 25.1 Å². The van der Waals surface area contributed by atoms with Crippen molar-refractivity contribution in [3.8, 4) is 5.75 Å². The van der Waals surface area contributed by atoms with Crippen LogP contribution in [-0.4, -0.2) is 29.8 Å². The summed E-state index contributed by atoms with van der Waals surface area (Å²) >= 11 is 0. The maximum absolute atomic E-state index is 12.0. The van der Waals surface area contributed by atoms with Gasteiger partial charge in [-0.05, 0) is 25.5 Å². The molecule has 0 saturated heterocycles. The SMILES string of the molecule is CCC1C(=O)N(CCCOc2ccccc2)N=C1C. The van der Waals surface area contributed by atoms with Crippen molar-refractivity contribution in [3.63, 3.8) is 0 Å². The molecule has 19 heavy (non-hydrogen) atoms. The Morgan fingerprint density at radius 3 is 2.68 bits per heavy atom. The van der Waals surface area contributed by atoms with Gasteiger partial charge in [0.1, 0.15) is 5.75 Å². The minimum atomic E-state index is -0.0185. The summed E-state index contributed by atoms with van der Waals surface area (Å²) in [5.41, 5.74) is 0.927. The van der Waals surface area contributed by atoms with Crippen molar-refractivity contribution in [2.24, 2.45) is 11.0 Å². The monoisotopic (exact) mass is 260 g/mol. The average molecular weight is 260 g/mol. The van der Waals surface area contributed by atoms with Gasteiger partial charge in [-0.15, -0.1) is 0 Å². The predicted molar refractivity (Wildman–Crippen MR) is 75.2 cm³/mol. The van der Waals surface area contributed by atoms with E-state index in [-0.39, 0.29) is 11.8 Å². The first kappa shape index (κ1) is 13.6. The highest BCUT2D eigenvalue weighted by Gasteiger charge is 2.31. The first-order valence-electron chi connectivity index (χ1n) is 6.76. The summed E-state index contributed by atoms with van der Waals surface area (Å²) in [6, 6.07) is 9.70. The van der Waals surface area contributed by atoms with E-state index < -0.39 is 0 Å². The van der Waals surface area contributed by atoms with Gasteiger partial charge < -0.3 is 4.74 Å². The molecule has 0 bridgehead atoms. The number of hydrazone groups is 1. The summed E-state index contributed by atoms with van der Waals surface area (Å²) in [5, 5.41) is 5.89. The number of carbonyl (C=O) groups is 1. The molecule has 1 aliphatic heterocycles. The highest BCUT2D eigenvalue weighted by atomic mass is 16.5. The van der Waals surface area contributed by atoms with Gasteiger partial charge in [-0.2, -0.15) is 5.10 Å². The van der Waals surface area contributed by atoms with Crippen molar-refractivity contribution in [2.45, 2.75) is 26.7 Å². The number of para-hydroxylation sites is 1. The van der Waals surface area contributed by atoms with Crippen LogP contribution in [0.4, 0.5) is 0 Å². The third kappa shape index (κ3) is 3.34. The molecule has 0 N–H and O–H groups in total. The molecule has 0 saturated carbocycles. The Bertz CT molecular complexity index is 456. The number of amides is 1. The maximum Gasteiger partial charge on any atom is 0.251 e. The van der Waals surface area contributed by atoms with E-state index in [2.05, 4.69) is 5.10 Å². The number of nitrogens with zero attached hydrogens (tertiary/aromatic N) is 2. The number of hydrogen-bond donors (Lipinski definition) is 0. The molecule has 1 unspecified atom stereocenters. The summed E-state index contributed by atoms with van der Waals surface area (Å²) in [6.07, 6.45) is 1.61. The van der Waals surface area contributed by atoms with Crippen LogP contribution in [-0.2, 0) is 4.79 Å². The van der Waals surface area contributed by atoms with Gasteiger partial charge in [0.25, 0.3) is 5.91 Å². The molecule has 2 rings (SSSR count). The number of carbonyl (C=O) groups excluding carboxylic acids is 1. The van der Waals surface area contributed by atoms with Gasteiger partial charge in [0.15, 0.2) is 0 Å². The Morgan fingerprint density at radius 1 is 1.32 bits per heavy atom. The van der Waals surface area contributed by atoms with Gasteiger partial charge in [0, 0.05) is 18.7 Å². The predicted octanol–water partition coefficient (Wildman–Crippen LogP) is 2.70.